The molecule has 0 aliphatic carbocycles. The van der Waals surface area contributed by atoms with Gasteiger partial charge in [-0.05, 0) is 30.9 Å². The lowest BCUT2D eigenvalue weighted by molar-refractivity contribution is 0.0674. The summed E-state index contributed by atoms with van der Waals surface area (Å²) in [4.78, 5) is 12.2. The van der Waals surface area contributed by atoms with Gasteiger partial charge in [0, 0.05) is 26.0 Å². The van der Waals surface area contributed by atoms with Crippen molar-refractivity contribution < 1.29 is 18.3 Å². The monoisotopic (exact) mass is 362 g/mol. The third-order valence-corrected chi connectivity index (χ3v) is 4.31. The van der Waals surface area contributed by atoms with E-state index < -0.39 is 23.1 Å². The van der Waals surface area contributed by atoms with Crippen LogP contribution >= 0.6 is 0 Å². The summed E-state index contributed by atoms with van der Waals surface area (Å²) in [7, 11) is 0. The summed E-state index contributed by atoms with van der Waals surface area (Å²) in [6, 6.07) is 3.26. The molecule has 1 saturated heterocycles. The summed E-state index contributed by atoms with van der Waals surface area (Å²) in [5, 5.41) is 12.4. The molecule has 1 aromatic carbocycles. The second kappa shape index (κ2) is 8.09. The summed E-state index contributed by atoms with van der Waals surface area (Å²) in [5.41, 5.74) is 0.562. The molecule has 2 heterocycles. The van der Waals surface area contributed by atoms with E-state index in [1.807, 2.05) is 0 Å². The first-order valence-corrected chi connectivity index (χ1v) is 8.36. The Morgan fingerprint density at radius 3 is 2.69 bits per heavy atom. The average Bonchev–Trinajstić information content (AvgIpc) is 3.08. The van der Waals surface area contributed by atoms with Crippen molar-refractivity contribution in [2.75, 3.05) is 25.1 Å². The molecule has 1 aliphatic heterocycles. The predicted molar refractivity (Wildman–Crippen MR) is 93.5 cm³/mol. The van der Waals surface area contributed by atoms with Gasteiger partial charge in [-0.15, -0.1) is 0 Å². The first-order chi connectivity index (χ1) is 12.6. The van der Waals surface area contributed by atoms with Crippen LogP contribution in [0.4, 0.5) is 14.5 Å². The van der Waals surface area contributed by atoms with E-state index in [1.165, 1.54) is 12.3 Å². The molecule has 0 bridgehead atoms. The Morgan fingerprint density at radius 2 is 2.00 bits per heavy atom. The molecule has 0 unspecified atom stereocenters. The summed E-state index contributed by atoms with van der Waals surface area (Å²) in [6.45, 7) is 6.14. The molecule has 1 aliphatic rings. The van der Waals surface area contributed by atoms with E-state index in [-0.39, 0.29) is 0 Å². The summed E-state index contributed by atoms with van der Waals surface area (Å²) < 4.78 is 32.8. The number of hydrogen-bond donors (Lipinski definition) is 3. The van der Waals surface area contributed by atoms with Crippen LogP contribution in [0.2, 0.25) is 0 Å². The smallest absolute Gasteiger partial charge is 0.261 e. The molecule has 3 N–H and O–H groups in total. The van der Waals surface area contributed by atoms with Crippen LogP contribution in [0, 0.1) is 17.6 Å². The van der Waals surface area contributed by atoms with Gasteiger partial charge in [-0.3, -0.25) is 9.89 Å². The number of carbonyl (C=O) groups excluding carboxylic acids is 1. The zero-order valence-electron chi connectivity index (χ0n) is 14.1. The number of carbonyl (C=O) groups is 1. The number of hydrogen-bond acceptors (Lipinski definition) is 4. The van der Waals surface area contributed by atoms with Gasteiger partial charge in [0.05, 0.1) is 11.4 Å². The van der Waals surface area contributed by atoms with E-state index in [0.717, 1.165) is 38.2 Å². The number of benzene rings is 1. The van der Waals surface area contributed by atoms with Crippen LogP contribution < -0.4 is 10.6 Å². The first kappa shape index (κ1) is 18.1. The lowest BCUT2D eigenvalue weighted by Crippen LogP contribution is -2.27. The van der Waals surface area contributed by atoms with E-state index in [4.69, 9.17) is 4.74 Å². The van der Waals surface area contributed by atoms with Gasteiger partial charge in [-0.1, -0.05) is 12.6 Å². The zero-order chi connectivity index (χ0) is 18.5. The molecular formula is C18H20F2N4O2. The lowest BCUT2D eigenvalue weighted by atomic mass is 10.0. The van der Waals surface area contributed by atoms with Gasteiger partial charge in [0.1, 0.15) is 22.9 Å². The molecule has 8 heteroatoms. The van der Waals surface area contributed by atoms with E-state index in [0.29, 0.717) is 29.5 Å². The van der Waals surface area contributed by atoms with Crippen LogP contribution in [0.25, 0.3) is 5.70 Å². The van der Waals surface area contributed by atoms with Crippen LogP contribution in [-0.4, -0.2) is 35.9 Å². The standard InChI is InChI=1S/C18H20F2N4O2/c1-11(21-9-12-5-7-26-8-6-12)17-15(10-22-24-17)23-18(25)16-13(19)3-2-4-14(16)20/h2-4,10,12,21H,1,5-9H2,(H,22,24)(H,23,25). The fraction of sp³-hybridized carbons (Fsp3) is 0.333. The number of amides is 1. The Bertz CT molecular complexity index is 780. The molecule has 26 heavy (non-hydrogen) atoms. The highest BCUT2D eigenvalue weighted by atomic mass is 19.1. The van der Waals surface area contributed by atoms with Gasteiger partial charge >= 0.3 is 0 Å². The SMILES string of the molecule is C=C(NCC1CCOCC1)c1n[nH]cc1NC(=O)c1c(F)cccc1F. The number of anilines is 1. The largest absolute Gasteiger partial charge is 0.383 e. The molecule has 2 aromatic rings. The van der Waals surface area contributed by atoms with Crippen molar-refractivity contribution in [3.05, 3.63) is 53.9 Å². The van der Waals surface area contributed by atoms with Crippen LogP contribution in [0.1, 0.15) is 28.9 Å². The maximum absolute atomic E-state index is 13.8. The lowest BCUT2D eigenvalue weighted by Gasteiger charge is -2.23. The van der Waals surface area contributed by atoms with E-state index in [9.17, 15) is 13.6 Å². The minimum Gasteiger partial charge on any atom is -0.383 e. The Balaban J connectivity index is 1.66. The molecule has 0 atom stereocenters. The highest BCUT2D eigenvalue weighted by Crippen LogP contribution is 2.21. The topological polar surface area (TPSA) is 79.0 Å². The number of rotatable bonds is 6. The minimum absolute atomic E-state index is 0.294. The van der Waals surface area contributed by atoms with E-state index >= 15 is 0 Å². The van der Waals surface area contributed by atoms with Gasteiger partial charge in [0.15, 0.2) is 0 Å². The predicted octanol–water partition coefficient (Wildman–Crippen LogP) is 2.93. The molecule has 0 radical (unpaired) electrons. The molecule has 3 rings (SSSR count). The molecule has 0 saturated carbocycles. The van der Waals surface area contributed by atoms with Crippen molar-refractivity contribution in [2.24, 2.45) is 5.92 Å². The second-order valence-corrected chi connectivity index (χ2v) is 6.11. The Labute approximate surface area is 149 Å². The second-order valence-electron chi connectivity index (χ2n) is 6.11. The maximum Gasteiger partial charge on any atom is 0.261 e. The Kier molecular flexibility index (Phi) is 5.62. The van der Waals surface area contributed by atoms with Crippen molar-refractivity contribution in [3.63, 3.8) is 0 Å². The van der Waals surface area contributed by atoms with Gasteiger partial charge in [0.2, 0.25) is 0 Å². The number of nitrogens with zero attached hydrogens (tertiary/aromatic N) is 1. The van der Waals surface area contributed by atoms with E-state index in [1.54, 1.807) is 0 Å². The highest BCUT2D eigenvalue weighted by Gasteiger charge is 2.20. The number of ether oxygens (including phenoxy) is 1. The molecule has 0 spiro atoms. The summed E-state index contributed by atoms with van der Waals surface area (Å²) in [5.74, 6) is -2.27. The fourth-order valence-corrected chi connectivity index (χ4v) is 2.82. The van der Waals surface area contributed by atoms with Gasteiger partial charge in [0.25, 0.3) is 5.91 Å². The van der Waals surface area contributed by atoms with E-state index in [2.05, 4.69) is 27.4 Å². The van der Waals surface area contributed by atoms with Crippen molar-refractivity contribution in [2.45, 2.75) is 12.8 Å². The van der Waals surface area contributed by atoms with Gasteiger partial charge in [-0.2, -0.15) is 5.10 Å². The summed E-state index contributed by atoms with van der Waals surface area (Å²) >= 11 is 0. The van der Waals surface area contributed by atoms with Crippen LogP contribution in [-0.2, 0) is 4.74 Å². The number of aromatic nitrogens is 2. The van der Waals surface area contributed by atoms with Crippen molar-refractivity contribution >= 4 is 17.3 Å². The molecule has 1 fully saturated rings. The fourth-order valence-electron chi connectivity index (χ4n) is 2.82. The first-order valence-electron chi connectivity index (χ1n) is 8.36. The number of nitrogens with one attached hydrogen (secondary N) is 3. The normalized spacial score (nSPS) is 14.8. The number of aromatic amines is 1. The molecular weight excluding hydrogens is 342 g/mol. The molecule has 138 valence electrons. The Hall–Kier alpha value is -2.74. The van der Waals surface area contributed by atoms with Crippen molar-refractivity contribution in [1.82, 2.24) is 15.5 Å². The quantitative estimate of drug-likeness (QED) is 0.738. The van der Waals surface area contributed by atoms with Gasteiger partial charge in [-0.25, -0.2) is 8.78 Å². The zero-order valence-corrected chi connectivity index (χ0v) is 14.1. The third kappa shape index (κ3) is 4.08. The maximum atomic E-state index is 13.8. The average molecular weight is 362 g/mol. The van der Waals surface area contributed by atoms with Gasteiger partial charge < -0.3 is 15.4 Å². The highest BCUT2D eigenvalue weighted by molar-refractivity contribution is 6.05. The Morgan fingerprint density at radius 1 is 1.31 bits per heavy atom. The molecule has 6 nitrogen and oxygen atoms in total. The number of H-pyrrole nitrogens is 1. The van der Waals surface area contributed by atoms with Crippen molar-refractivity contribution in [3.8, 4) is 0 Å². The minimum atomic E-state index is -0.927. The van der Waals surface area contributed by atoms with Crippen LogP contribution in [0.5, 0.6) is 0 Å². The molecule has 1 amide bonds. The molecule has 1 aromatic heterocycles. The number of halogens is 2. The third-order valence-electron chi connectivity index (χ3n) is 4.31. The van der Waals surface area contributed by atoms with Crippen molar-refractivity contribution in [1.29, 1.82) is 0 Å². The van der Waals surface area contributed by atoms with Crippen LogP contribution in [0.15, 0.2) is 31.0 Å². The summed E-state index contributed by atoms with van der Waals surface area (Å²) in [6.07, 6.45) is 3.38. The van der Waals surface area contributed by atoms with Crippen LogP contribution in [0.3, 0.4) is 0 Å².